The highest BCUT2D eigenvalue weighted by Crippen LogP contribution is 2.35. The first-order valence-corrected chi connectivity index (χ1v) is 10.7. The smallest absolute Gasteiger partial charge is 0.246 e. The molecule has 4 rings (SSSR count). The van der Waals surface area contributed by atoms with Crippen molar-refractivity contribution in [3.05, 3.63) is 54.4 Å². The van der Waals surface area contributed by atoms with Crippen LogP contribution < -0.4 is 9.47 Å². The molecule has 0 N–H and O–H groups in total. The summed E-state index contributed by atoms with van der Waals surface area (Å²) in [7, 11) is -2.08. The third-order valence-electron chi connectivity index (χ3n) is 4.75. The number of hydrogen-bond acceptors (Lipinski definition) is 7. The van der Waals surface area contributed by atoms with Crippen molar-refractivity contribution in [3.63, 3.8) is 0 Å². The van der Waals surface area contributed by atoms with Gasteiger partial charge in [-0.3, -0.25) is 0 Å². The Morgan fingerprint density at radius 1 is 1.10 bits per heavy atom. The van der Waals surface area contributed by atoms with Gasteiger partial charge in [0.2, 0.25) is 21.7 Å². The molecule has 1 aliphatic rings. The van der Waals surface area contributed by atoms with Crippen LogP contribution in [0.25, 0.3) is 11.4 Å². The van der Waals surface area contributed by atoms with Gasteiger partial charge >= 0.3 is 0 Å². The van der Waals surface area contributed by atoms with Crippen molar-refractivity contribution in [2.24, 2.45) is 0 Å². The molecule has 3 aromatic rings. The predicted molar refractivity (Wildman–Crippen MR) is 105 cm³/mol. The van der Waals surface area contributed by atoms with E-state index in [0.717, 1.165) is 5.56 Å². The summed E-state index contributed by atoms with van der Waals surface area (Å²) in [5.41, 5.74) is 0.722. The monoisotopic (exact) mass is 415 g/mol. The molecule has 0 unspecified atom stereocenters. The van der Waals surface area contributed by atoms with E-state index < -0.39 is 10.0 Å². The highest BCUT2D eigenvalue weighted by Gasteiger charge is 2.41. The zero-order valence-corrected chi connectivity index (χ0v) is 16.9. The molecule has 1 aromatic heterocycles. The number of sulfonamides is 1. The van der Waals surface area contributed by atoms with E-state index in [2.05, 4.69) is 10.1 Å². The molecule has 0 bridgehead atoms. The molecule has 0 radical (unpaired) electrons. The van der Waals surface area contributed by atoms with Crippen LogP contribution >= 0.6 is 0 Å². The minimum atomic E-state index is -3.65. The summed E-state index contributed by atoms with van der Waals surface area (Å²) >= 11 is 0. The van der Waals surface area contributed by atoms with E-state index in [1.165, 1.54) is 4.31 Å². The summed E-state index contributed by atoms with van der Waals surface area (Å²) in [4.78, 5) is 4.61. The number of hydrogen-bond donors (Lipinski definition) is 0. The molecule has 1 aliphatic heterocycles. The van der Waals surface area contributed by atoms with Crippen molar-refractivity contribution in [2.75, 3.05) is 26.8 Å². The maximum atomic E-state index is 13.0. The fraction of sp³-hybridized carbons (Fsp3) is 0.300. The van der Waals surface area contributed by atoms with Gasteiger partial charge in [-0.1, -0.05) is 29.4 Å². The van der Waals surface area contributed by atoms with Crippen molar-refractivity contribution < 1.29 is 22.4 Å². The van der Waals surface area contributed by atoms with Crippen LogP contribution in [-0.4, -0.2) is 49.7 Å². The number of methoxy groups -OCH3 is 1. The third-order valence-corrected chi connectivity index (χ3v) is 6.62. The summed E-state index contributed by atoms with van der Waals surface area (Å²) in [6, 6.07) is 14.0. The Hall–Kier alpha value is -2.91. The molecule has 1 fully saturated rings. The second kappa shape index (κ2) is 7.84. The minimum Gasteiger partial charge on any atom is -0.496 e. The Kier molecular flexibility index (Phi) is 5.25. The van der Waals surface area contributed by atoms with Gasteiger partial charge in [-0.2, -0.15) is 9.29 Å². The highest BCUT2D eigenvalue weighted by atomic mass is 32.2. The maximum absolute atomic E-state index is 13.0. The van der Waals surface area contributed by atoms with E-state index in [0.29, 0.717) is 29.8 Å². The molecule has 0 saturated carbocycles. The van der Waals surface area contributed by atoms with Crippen molar-refractivity contribution in [2.45, 2.75) is 17.7 Å². The summed E-state index contributed by atoms with van der Waals surface area (Å²) in [5.74, 6) is 1.68. The fourth-order valence-corrected chi connectivity index (χ4v) is 4.87. The van der Waals surface area contributed by atoms with Crippen molar-refractivity contribution in [3.8, 4) is 22.9 Å². The third kappa shape index (κ3) is 3.58. The topological polar surface area (TPSA) is 94.8 Å². The first kappa shape index (κ1) is 19.4. The van der Waals surface area contributed by atoms with Crippen LogP contribution in [-0.2, 0) is 10.0 Å². The van der Waals surface area contributed by atoms with Crippen molar-refractivity contribution >= 4 is 10.0 Å². The molecule has 0 amide bonds. The lowest BCUT2D eigenvalue weighted by Gasteiger charge is -2.36. The Balaban J connectivity index is 1.50. The van der Waals surface area contributed by atoms with Crippen LogP contribution in [0.3, 0.4) is 0 Å². The van der Waals surface area contributed by atoms with Gasteiger partial charge in [-0.05, 0) is 31.2 Å². The molecule has 152 valence electrons. The van der Waals surface area contributed by atoms with Gasteiger partial charge < -0.3 is 14.0 Å². The van der Waals surface area contributed by atoms with E-state index in [1.807, 2.05) is 31.2 Å². The Morgan fingerprint density at radius 2 is 1.79 bits per heavy atom. The normalized spacial score (nSPS) is 15.1. The average molecular weight is 415 g/mol. The number of para-hydroxylation sites is 2. The number of aromatic nitrogens is 2. The summed E-state index contributed by atoms with van der Waals surface area (Å²) < 4.78 is 43.5. The number of ether oxygens (including phenoxy) is 2. The van der Waals surface area contributed by atoms with Gasteiger partial charge in [-0.25, -0.2) is 8.42 Å². The molecule has 0 aliphatic carbocycles. The van der Waals surface area contributed by atoms with E-state index in [9.17, 15) is 8.42 Å². The van der Waals surface area contributed by atoms with Gasteiger partial charge in [0.25, 0.3) is 0 Å². The number of rotatable bonds is 7. The van der Waals surface area contributed by atoms with Gasteiger partial charge in [0.1, 0.15) is 16.4 Å². The standard InChI is InChI=1S/C20H21N3O5S/c1-3-27-17-10-6-7-11-18(17)29(24,25)23-12-14(13-23)20-21-19(22-28-20)15-8-4-5-9-16(15)26-2/h4-11,14H,3,12-13H2,1-2H3. The van der Waals surface area contributed by atoms with E-state index in [4.69, 9.17) is 14.0 Å². The zero-order valence-electron chi connectivity index (χ0n) is 16.1. The lowest BCUT2D eigenvalue weighted by atomic mass is 10.0. The first-order chi connectivity index (χ1) is 14.0. The lowest BCUT2D eigenvalue weighted by Crippen LogP contribution is -2.48. The van der Waals surface area contributed by atoms with E-state index >= 15 is 0 Å². The first-order valence-electron chi connectivity index (χ1n) is 9.23. The second-order valence-corrected chi connectivity index (χ2v) is 8.46. The number of benzene rings is 2. The largest absolute Gasteiger partial charge is 0.496 e. The predicted octanol–water partition coefficient (Wildman–Crippen LogP) is 2.93. The van der Waals surface area contributed by atoms with Crippen LogP contribution in [0, 0.1) is 0 Å². The van der Waals surface area contributed by atoms with Crippen LogP contribution in [0.4, 0.5) is 0 Å². The lowest BCUT2D eigenvalue weighted by molar-refractivity contribution is 0.216. The Labute approximate surface area is 169 Å². The van der Waals surface area contributed by atoms with Crippen LogP contribution in [0.5, 0.6) is 11.5 Å². The van der Waals surface area contributed by atoms with Gasteiger partial charge in [0.05, 0.1) is 25.2 Å². The van der Waals surface area contributed by atoms with Crippen molar-refractivity contribution in [1.29, 1.82) is 0 Å². The summed E-state index contributed by atoms with van der Waals surface area (Å²) in [6.45, 7) is 2.76. The van der Waals surface area contributed by atoms with Crippen LogP contribution in [0.15, 0.2) is 57.9 Å². The van der Waals surface area contributed by atoms with E-state index in [1.54, 1.807) is 31.4 Å². The highest BCUT2D eigenvalue weighted by molar-refractivity contribution is 7.89. The minimum absolute atomic E-state index is 0.153. The Morgan fingerprint density at radius 3 is 2.52 bits per heavy atom. The molecule has 0 spiro atoms. The van der Waals surface area contributed by atoms with Gasteiger partial charge in [0.15, 0.2) is 0 Å². The Bertz CT molecular complexity index is 1110. The molecule has 1 saturated heterocycles. The van der Waals surface area contributed by atoms with Gasteiger partial charge in [0, 0.05) is 13.1 Å². The SMILES string of the molecule is CCOc1ccccc1S(=O)(=O)N1CC(c2nc(-c3ccccc3OC)no2)C1. The van der Waals surface area contributed by atoms with Crippen LogP contribution in [0.1, 0.15) is 18.7 Å². The molecular formula is C20H21N3O5S. The second-order valence-electron chi connectivity index (χ2n) is 6.56. The molecule has 2 aromatic carbocycles. The average Bonchev–Trinajstić information content (AvgIpc) is 3.16. The van der Waals surface area contributed by atoms with Crippen molar-refractivity contribution in [1.82, 2.24) is 14.4 Å². The molecule has 9 heteroatoms. The molecule has 8 nitrogen and oxygen atoms in total. The summed E-state index contributed by atoms with van der Waals surface area (Å²) in [6.07, 6.45) is 0. The maximum Gasteiger partial charge on any atom is 0.246 e. The molecule has 29 heavy (non-hydrogen) atoms. The summed E-state index contributed by atoms with van der Waals surface area (Å²) in [5, 5.41) is 4.03. The molecular weight excluding hydrogens is 394 g/mol. The van der Waals surface area contributed by atoms with Gasteiger partial charge in [-0.15, -0.1) is 0 Å². The zero-order chi connectivity index (χ0) is 20.4. The molecule has 0 atom stereocenters. The molecule has 2 heterocycles. The number of nitrogens with zero attached hydrogens (tertiary/aromatic N) is 3. The van der Waals surface area contributed by atoms with E-state index in [-0.39, 0.29) is 23.9 Å². The fourth-order valence-electron chi connectivity index (χ4n) is 3.21. The van der Waals surface area contributed by atoms with Crippen LogP contribution in [0.2, 0.25) is 0 Å². The quantitative estimate of drug-likeness (QED) is 0.585.